The van der Waals surface area contributed by atoms with Crippen molar-refractivity contribution < 1.29 is 4.74 Å². The Morgan fingerprint density at radius 1 is 1.20 bits per heavy atom. The van der Waals surface area contributed by atoms with Gasteiger partial charge in [0.05, 0.1) is 19.0 Å². The van der Waals surface area contributed by atoms with E-state index in [1.54, 1.807) is 6.20 Å². The number of nitrogens with zero attached hydrogens (tertiary/aromatic N) is 2. The van der Waals surface area contributed by atoms with Gasteiger partial charge in [0.25, 0.3) is 0 Å². The highest BCUT2D eigenvalue weighted by Crippen LogP contribution is 2.08. The van der Waals surface area contributed by atoms with Crippen LogP contribution >= 0.6 is 0 Å². The summed E-state index contributed by atoms with van der Waals surface area (Å²) in [6, 6.07) is 0. The van der Waals surface area contributed by atoms with Crippen molar-refractivity contribution in [1.29, 1.82) is 0 Å². The van der Waals surface area contributed by atoms with Crippen molar-refractivity contribution in [2.45, 2.75) is 39.0 Å². The van der Waals surface area contributed by atoms with Gasteiger partial charge in [-0.15, -0.1) is 0 Å². The summed E-state index contributed by atoms with van der Waals surface area (Å²) in [6.45, 7) is 2.90. The topological polar surface area (TPSA) is 61.0 Å². The standard InChI is InChI=1S/C11H19N3O/c1-2-3-4-5-6-7-15-11-9-13-8-10(12)14-11/h8-9H,2-7H2,1H3,(H2,12,14). The lowest BCUT2D eigenvalue weighted by Crippen LogP contribution is -2.01. The third-order valence-corrected chi connectivity index (χ3v) is 2.13. The highest BCUT2D eigenvalue weighted by atomic mass is 16.5. The number of nitrogens with two attached hydrogens (primary N) is 1. The van der Waals surface area contributed by atoms with E-state index in [-0.39, 0.29) is 0 Å². The zero-order valence-electron chi connectivity index (χ0n) is 9.28. The molecule has 0 aliphatic rings. The van der Waals surface area contributed by atoms with Crippen molar-refractivity contribution in [3.8, 4) is 5.88 Å². The summed E-state index contributed by atoms with van der Waals surface area (Å²) in [5.74, 6) is 0.920. The molecule has 15 heavy (non-hydrogen) atoms. The molecule has 0 aromatic carbocycles. The van der Waals surface area contributed by atoms with Crippen molar-refractivity contribution in [3.63, 3.8) is 0 Å². The summed E-state index contributed by atoms with van der Waals surface area (Å²) in [4.78, 5) is 7.90. The minimum atomic E-state index is 0.401. The lowest BCUT2D eigenvalue weighted by Gasteiger charge is -2.04. The van der Waals surface area contributed by atoms with Gasteiger partial charge < -0.3 is 10.5 Å². The molecular weight excluding hydrogens is 190 g/mol. The molecule has 2 N–H and O–H groups in total. The lowest BCUT2D eigenvalue weighted by molar-refractivity contribution is 0.292. The number of hydrogen-bond donors (Lipinski definition) is 1. The maximum absolute atomic E-state index is 5.47. The largest absolute Gasteiger partial charge is 0.477 e. The van der Waals surface area contributed by atoms with E-state index in [9.17, 15) is 0 Å². The van der Waals surface area contributed by atoms with Crippen LogP contribution in [-0.2, 0) is 0 Å². The van der Waals surface area contributed by atoms with Crippen molar-refractivity contribution in [2.75, 3.05) is 12.3 Å². The van der Waals surface area contributed by atoms with E-state index in [4.69, 9.17) is 10.5 Å². The zero-order chi connectivity index (χ0) is 10.9. The Bertz CT molecular complexity index is 278. The second-order valence-electron chi connectivity index (χ2n) is 3.54. The molecule has 0 atom stereocenters. The van der Waals surface area contributed by atoms with Crippen molar-refractivity contribution >= 4 is 5.82 Å². The van der Waals surface area contributed by atoms with Gasteiger partial charge in [0.2, 0.25) is 5.88 Å². The molecule has 1 rings (SSSR count). The highest BCUT2D eigenvalue weighted by Gasteiger charge is 1.96. The SMILES string of the molecule is CCCCCCCOc1cncc(N)n1. The number of ether oxygens (including phenoxy) is 1. The van der Waals surface area contributed by atoms with Crippen molar-refractivity contribution in [2.24, 2.45) is 0 Å². The normalized spacial score (nSPS) is 10.2. The van der Waals surface area contributed by atoms with Crippen molar-refractivity contribution in [3.05, 3.63) is 12.4 Å². The first-order valence-electron chi connectivity index (χ1n) is 5.53. The van der Waals surface area contributed by atoms with Gasteiger partial charge in [0.15, 0.2) is 0 Å². The fraction of sp³-hybridized carbons (Fsp3) is 0.636. The second-order valence-corrected chi connectivity index (χ2v) is 3.54. The summed E-state index contributed by atoms with van der Waals surface area (Å²) in [6.07, 6.45) is 9.22. The molecule has 84 valence electrons. The van der Waals surface area contributed by atoms with Gasteiger partial charge in [0, 0.05) is 0 Å². The van der Waals surface area contributed by atoms with Crippen LogP contribution in [0.25, 0.3) is 0 Å². The molecular formula is C11H19N3O. The third-order valence-electron chi connectivity index (χ3n) is 2.13. The zero-order valence-corrected chi connectivity index (χ0v) is 9.28. The molecule has 1 aromatic rings. The maximum atomic E-state index is 5.47. The maximum Gasteiger partial charge on any atom is 0.234 e. The predicted molar refractivity (Wildman–Crippen MR) is 60.7 cm³/mol. The number of nitrogen functional groups attached to an aromatic ring is 1. The number of aromatic nitrogens is 2. The Labute approximate surface area is 90.9 Å². The van der Waals surface area contributed by atoms with Crippen LogP contribution < -0.4 is 10.5 Å². The van der Waals surface area contributed by atoms with Gasteiger partial charge in [0.1, 0.15) is 5.82 Å². The first-order valence-corrected chi connectivity index (χ1v) is 5.53. The van der Waals surface area contributed by atoms with Crippen LogP contribution in [0.15, 0.2) is 12.4 Å². The quantitative estimate of drug-likeness (QED) is 0.700. The van der Waals surface area contributed by atoms with Crippen LogP contribution in [-0.4, -0.2) is 16.6 Å². The first kappa shape index (κ1) is 11.8. The van der Waals surface area contributed by atoms with E-state index in [0.29, 0.717) is 18.3 Å². The number of anilines is 1. The fourth-order valence-corrected chi connectivity index (χ4v) is 1.31. The van der Waals surface area contributed by atoms with Gasteiger partial charge in [-0.25, -0.2) is 0 Å². The predicted octanol–water partition coefficient (Wildman–Crippen LogP) is 2.41. The van der Waals surface area contributed by atoms with Crippen LogP contribution in [0, 0.1) is 0 Å². The summed E-state index contributed by atoms with van der Waals surface area (Å²) >= 11 is 0. The second kappa shape index (κ2) is 7.04. The van der Waals surface area contributed by atoms with Crippen LogP contribution in [0.4, 0.5) is 5.82 Å². The summed E-state index contributed by atoms with van der Waals surface area (Å²) in [5, 5.41) is 0. The van der Waals surface area contributed by atoms with E-state index in [1.807, 2.05) is 0 Å². The summed E-state index contributed by atoms with van der Waals surface area (Å²) in [5.41, 5.74) is 5.47. The monoisotopic (exact) mass is 209 g/mol. The van der Waals surface area contributed by atoms with Gasteiger partial charge in [-0.3, -0.25) is 4.98 Å². The molecule has 0 saturated carbocycles. The number of unbranched alkanes of at least 4 members (excludes halogenated alkanes) is 4. The first-order chi connectivity index (χ1) is 7.33. The minimum Gasteiger partial charge on any atom is -0.477 e. The molecule has 0 aliphatic carbocycles. The Kier molecular flexibility index (Phi) is 5.51. The fourth-order valence-electron chi connectivity index (χ4n) is 1.31. The molecule has 4 heteroatoms. The summed E-state index contributed by atoms with van der Waals surface area (Å²) < 4.78 is 5.41. The van der Waals surface area contributed by atoms with Gasteiger partial charge >= 0.3 is 0 Å². The highest BCUT2D eigenvalue weighted by molar-refractivity contribution is 5.25. The van der Waals surface area contributed by atoms with Gasteiger partial charge in [-0.2, -0.15) is 4.98 Å². The number of hydrogen-bond acceptors (Lipinski definition) is 4. The summed E-state index contributed by atoms with van der Waals surface area (Å²) in [7, 11) is 0. The van der Waals surface area contributed by atoms with E-state index in [0.717, 1.165) is 6.42 Å². The van der Waals surface area contributed by atoms with E-state index >= 15 is 0 Å². The Hall–Kier alpha value is -1.32. The molecule has 0 fully saturated rings. The molecule has 1 heterocycles. The van der Waals surface area contributed by atoms with Crippen LogP contribution in [0.2, 0.25) is 0 Å². The molecule has 0 radical (unpaired) electrons. The molecule has 4 nitrogen and oxygen atoms in total. The van der Waals surface area contributed by atoms with Gasteiger partial charge in [-0.05, 0) is 6.42 Å². The third kappa shape index (κ3) is 5.20. The van der Waals surface area contributed by atoms with E-state index in [2.05, 4.69) is 16.9 Å². The molecule has 0 spiro atoms. The molecule has 0 amide bonds. The average molecular weight is 209 g/mol. The van der Waals surface area contributed by atoms with Crippen LogP contribution in [0.1, 0.15) is 39.0 Å². The molecule has 1 aromatic heterocycles. The van der Waals surface area contributed by atoms with E-state index < -0.39 is 0 Å². The van der Waals surface area contributed by atoms with Crippen molar-refractivity contribution in [1.82, 2.24) is 9.97 Å². The van der Waals surface area contributed by atoms with Gasteiger partial charge in [-0.1, -0.05) is 32.6 Å². The van der Waals surface area contributed by atoms with Crippen LogP contribution in [0.5, 0.6) is 5.88 Å². The lowest BCUT2D eigenvalue weighted by atomic mass is 10.2. The molecule has 0 bridgehead atoms. The Morgan fingerprint density at radius 3 is 2.73 bits per heavy atom. The smallest absolute Gasteiger partial charge is 0.234 e. The number of rotatable bonds is 7. The molecule has 0 aliphatic heterocycles. The molecule has 0 unspecified atom stereocenters. The minimum absolute atomic E-state index is 0.401. The average Bonchev–Trinajstić information content (AvgIpc) is 2.23. The Morgan fingerprint density at radius 2 is 2.00 bits per heavy atom. The Balaban J connectivity index is 2.10. The molecule has 0 saturated heterocycles. The van der Waals surface area contributed by atoms with E-state index in [1.165, 1.54) is 31.9 Å². The van der Waals surface area contributed by atoms with Crippen LogP contribution in [0.3, 0.4) is 0 Å².